The molecule has 36 heavy (non-hydrogen) atoms. The summed E-state index contributed by atoms with van der Waals surface area (Å²) in [6, 6.07) is 20.3. The molecule has 4 N–H and O–H groups in total. The smallest absolute Gasteiger partial charge is 0.266 e. The fourth-order valence-electron chi connectivity index (χ4n) is 4.77. The highest BCUT2D eigenvalue weighted by Crippen LogP contribution is 2.45. The Morgan fingerprint density at radius 1 is 1.14 bits per heavy atom. The first-order chi connectivity index (χ1) is 17.5. The third-order valence-corrected chi connectivity index (χ3v) is 6.45. The summed E-state index contributed by atoms with van der Waals surface area (Å²) in [7, 11) is 1.58. The monoisotopic (exact) mass is 480 g/mol. The zero-order valence-corrected chi connectivity index (χ0v) is 19.6. The number of allylic oxidation sites excluding steroid dienone is 3. The van der Waals surface area contributed by atoms with Crippen molar-refractivity contribution in [3.8, 4) is 23.1 Å². The number of carbonyl (C=O) groups excluding carboxylic acids is 1. The van der Waals surface area contributed by atoms with Gasteiger partial charge in [0, 0.05) is 29.3 Å². The van der Waals surface area contributed by atoms with Crippen LogP contribution in [0, 0.1) is 11.3 Å². The third kappa shape index (κ3) is 3.99. The molecule has 9 heteroatoms. The van der Waals surface area contributed by atoms with E-state index in [4.69, 9.17) is 10.5 Å². The Hall–Kier alpha value is -4.84. The Morgan fingerprint density at radius 2 is 1.89 bits per heavy atom. The Bertz CT molecular complexity index is 1480. The molecule has 1 aliphatic heterocycles. The van der Waals surface area contributed by atoms with Gasteiger partial charge in [0.1, 0.15) is 17.3 Å². The van der Waals surface area contributed by atoms with Crippen molar-refractivity contribution in [2.45, 2.75) is 25.2 Å². The second-order valence-corrected chi connectivity index (χ2v) is 8.56. The van der Waals surface area contributed by atoms with Crippen molar-refractivity contribution < 1.29 is 9.53 Å². The minimum absolute atomic E-state index is 0.0311. The highest BCUT2D eigenvalue weighted by Gasteiger charge is 2.40. The Labute approximate surface area is 207 Å². The van der Waals surface area contributed by atoms with Crippen LogP contribution in [0.15, 0.2) is 88.1 Å². The number of aromatic amines is 1. The number of carbonyl (C=O) groups is 1. The van der Waals surface area contributed by atoms with Crippen LogP contribution in [0.3, 0.4) is 0 Å². The van der Waals surface area contributed by atoms with Crippen LogP contribution in [0.5, 0.6) is 5.75 Å². The van der Waals surface area contributed by atoms with E-state index in [2.05, 4.69) is 21.7 Å². The van der Waals surface area contributed by atoms with E-state index in [1.807, 2.05) is 42.5 Å². The van der Waals surface area contributed by atoms with Gasteiger partial charge in [-0.05, 0) is 30.5 Å². The summed E-state index contributed by atoms with van der Waals surface area (Å²) in [5.41, 5.74) is 13.3. The van der Waals surface area contributed by atoms with Crippen LogP contribution in [-0.2, 0) is 4.79 Å². The van der Waals surface area contributed by atoms with E-state index >= 15 is 0 Å². The molecule has 0 amide bonds. The van der Waals surface area contributed by atoms with Gasteiger partial charge in [-0.1, -0.05) is 42.5 Å². The van der Waals surface area contributed by atoms with E-state index in [1.54, 1.807) is 24.3 Å². The lowest BCUT2D eigenvalue weighted by Crippen LogP contribution is -2.42. The number of hydrogen-bond acceptors (Lipinski definition) is 8. The molecule has 2 aromatic carbocycles. The van der Waals surface area contributed by atoms with Gasteiger partial charge < -0.3 is 10.5 Å². The van der Waals surface area contributed by atoms with Gasteiger partial charge in [0.2, 0.25) is 0 Å². The van der Waals surface area contributed by atoms with E-state index in [0.717, 1.165) is 11.1 Å². The van der Waals surface area contributed by atoms with Gasteiger partial charge in [-0.2, -0.15) is 10.4 Å². The Morgan fingerprint density at radius 3 is 2.58 bits per heavy atom. The first kappa shape index (κ1) is 22.9. The number of aromatic nitrogens is 2. The Kier molecular flexibility index (Phi) is 6.00. The Balaban J connectivity index is 1.65. The second kappa shape index (κ2) is 9.43. The number of hydrazine groups is 1. The van der Waals surface area contributed by atoms with Crippen molar-refractivity contribution in [3.05, 3.63) is 99.2 Å². The van der Waals surface area contributed by atoms with E-state index in [0.29, 0.717) is 47.7 Å². The summed E-state index contributed by atoms with van der Waals surface area (Å²) in [6.07, 6.45) is 1.62. The van der Waals surface area contributed by atoms with Crippen LogP contribution < -0.4 is 21.5 Å². The molecule has 180 valence electrons. The normalized spacial score (nSPS) is 17.5. The maximum absolute atomic E-state index is 13.3. The minimum Gasteiger partial charge on any atom is -0.497 e. The van der Waals surface area contributed by atoms with E-state index in [-0.39, 0.29) is 17.2 Å². The number of nitrogens with zero attached hydrogens (tertiary/aromatic N) is 3. The number of nitriles is 1. The number of Topliss-reactive ketones (excluding diaryl/α,β-unsaturated/α-hetero) is 1. The predicted molar refractivity (Wildman–Crippen MR) is 134 cm³/mol. The number of rotatable bonds is 5. The average molecular weight is 481 g/mol. The molecule has 0 bridgehead atoms. The van der Waals surface area contributed by atoms with Crippen molar-refractivity contribution >= 4 is 11.5 Å². The molecule has 9 nitrogen and oxygen atoms in total. The molecule has 0 radical (unpaired) electrons. The van der Waals surface area contributed by atoms with Crippen LogP contribution in [-0.4, -0.2) is 28.1 Å². The number of ether oxygens (including phenoxy) is 1. The van der Waals surface area contributed by atoms with Crippen molar-refractivity contribution in [1.82, 2.24) is 15.2 Å². The number of benzene rings is 2. The average Bonchev–Trinajstić information content (AvgIpc) is 2.91. The topological polar surface area (TPSA) is 137 Å². The largest absolute Gasteiger partial charge is 0.497 e. The molecule has 0 spiro atoms. The number of anilines is 1. The van der Waals surface area contributed by atoms with Crippen LogP contribution in [0.2, 0.25) is 0 Å². The molecule has 1 aliphatic carbocycles. The number of H-pyrrole nitrogens is 1. The van der Waals surface area contributed by atoms with E-state index in [9.17, 15) is 14.9 Å². The fraction of sp³-hybridized carbons (Fsp3) is 0.185. The summed E-state index contributed by atoms with van der Waals surface area (Å²) in [6.45, 7) is 0. The quantitative estimate of drug-likeness (QED) is 0.504. The fourth-order valence-corrected chi connectivity index (χ4v) is 4.77. The summed E-state index contributed by atoms with van der Waals surface area (Å²) in [4.78, 5) is 25.5. The van der Waals surface area contributed by atoms with Gasteiger partial charge in [-0.3, -0.25) is 15.0 Å². The van der Waals surface area contributed by atoms with Gasteiger partial charge in [0.25, 0.3) is 5.56 Å². The summed E-state index contributed by atoms with van der Waals surface area (Å²) in [5, 5.41) is 18.4. The van der Waals surface area contributed by atoms with Gasteiger partial charge >= 0.3 is 0 Å². The van der Waals surface area contributed by atoms with Gasteiger partial charge in [0.05, 0.1) is 30.4 Å². The van der Waals surface area contributed by atoms with Gasteiger partial charge in [-0.15, -0.1) is 0 Å². The van der Waals surface area contributed by atoms with Crippen molar-refractivity contribution in [2.24, 2.45) is 5.73 Å². The molecule has 0 saturated heterocycles. The van der Waals surface area contributed by atoms with Crippen molar-refractivity contribution in [1.29, 1.82) is 5.26 Å². The third-order valence-electron chi connectivity index (χ3n) is 6.45. The molecule has 2 aliphatic rings. The molecule has 1 atom stereocenters. The SMILES string of the molecule is COc1ccc([C@@H]2C(C#N)=C(N)N(Nc3cc(=O)[nH]nc3-c3ccccc3)C3=C2C(=O)CCC3)cc1. The second-order valence-electron chi connectivity index (χ2n) is 8.56. The molecule has 1 aromatic heterocycles. The molecular formula is C27H24N6O3. The molecule has 5 rings (SSSR count). The van der Waals surface area contributed by atoms with Gasteiger partial charge in [0.15, 0.2) is 5.78 Å². The van der Waals surface area contributed by atoms with E-state index < -0.39 is 11.5 Å². The van der Waals surface area contributed by atoms with Crippen LogP contribution in [0.1, 0.15) is 30.7 Å². The number of hydrogen-bond donors (Lipinski definition) is 3. The van der Waals surface area contributed by atoms with Crippen molar-refractivity contribution in [3.63, 3.8) is 0 Å². The predicted octanol–water partition coefficient (Wildman–Crippen LogP) is 3.57. The highest BCUT2D eigenvalue weighted by atomic mass is 16.5. The summed E-state index contributed by atoms with van der Waals surface area (Å²) >= 11 is 0. The minimum atomic E-state index is -0.590. The molecule has 0 fully saturated rings. The first-order valence-corrected chi connectivity index (χ1v) is 11.5. The number of nitrogens with one attached hydrogen (secondary N) is 2. The maximum Gasteiger partial charge on any atom is 0.266 e. The number of nitrogens with two attached hydrogens (primary N) is 1. The molecule has 0 unspecified atom stereocenters. The molecule has 0 saturated carbocycles. The van der Waals surface area contributed by atoms with Crippen LogP contribution >= 0.6 is 0 Å². The number of ketones is 1. The first-order valence-electron chi connectivity index (χ1n) is 11.5. The van der Waals surface area contributed by atoms with Gasteiger partial charge in [-0.25, -0.2) is 10.1 Å². The van der Waals surface area contributed by atoms with Crippen molar-refractivity contribution in [2.75, 3.05) is 12.5 Å². The molecule has 2 heterocycles. The highest BCUT2D eigenvalue weighted by molar-refractivity contribution is 6.00. The maximum atomic E-state index is 13.3. The molecule has 3 aromatic rings. The van der Waals surface area contributed by atoms with Crippen LogP contribution in [0.4, 0.5) is 5.69 Å². The number of methoxy groups -OCH3 is 1. The summed E-state index contributed by atoms with van der Waals surface area (Å²) in [5.74, 6) is 0.225. The lowest BCUT2D eigenvalue weighted by Gasteiger charge is -2.40. The standard InChI is InChI=1S/C27H24N6O3/c1-36-18-12-10-16(11-13-18)24-19(15-28)27(29)33(21-8-5-9-22(34)25(21)24)32-20-14-23(35)30-31-26(20)17-6-3-2-4-7-17/h2-4,6-7,10-14,24H,5,8-9,29H2,1H3,(H2,30,32,35)/t24-/m1/s1. The zero-order chi connectivity index (χ0) is 25.2. The zero-order valence-electron chi connectivity index (χ0n) is 19.6. The molecular weight excluding hydrogens is 456 g/mol. The van der Waals surface area contributed by atoms with E-state index in [1.165, 1.54) is 6.07 Å². The summed E-state index contributed by atoms with van der Waals surface area (Å²) < 4.78 is 5.27. The lowest BCUT2D eigenvalue weighted by molar-refractivity contribution is -0.116. The lowest BCUT2D eigenvalue weighted by atomic mass is 9.76. The van der Waals surface area contributed by atoms with Crippen LogP contribution in [0.25, 0.3) is 11.3 Å².